The Bertz CT molecular complexity index is 63.3. The second-order valence-corrected chi connectivity index (χ2v) is 3.45. The van der Waals surface area contributed by atoms with Gasteiger partial charge in [-0.15, -0.1) is 0 Å². The first-order valence-electron chi connectivity index (χ1n) is 3.50. The van der Waals surface area contributed by atoms with E-state index in [2.05, 4.69) is 27.7 Å². The fraction of sp³-hybridized carbons (Fsp3) is 1.00. The van der Waals surface area contributed by atoms with Gasteiger partial charge >= 0.3 is 0 Å². The van der Waals surface area contributed by atoms with Gasteiger partial charge in [-0.25, -0.2) is 0 Å². The van der Waals surface area contributed by atoms with Crippen molar-refractivity contribution in [1.29, 1.82) is 0 Å². The second kappa shape index (κ2) is 4.07. The van der Waals surface area contributed by atoms with Gasteiger partial charge in [-0.05, 0) is 11.8 Å². The van der Waals surface area contributed by atoms with Gasteiger partial charge in [0.1, 0.15) is 0 Å². The van der Waals surface area contributed by atoms with Crippen LogP contribution < -0.4 is 0 Å². The summed E-state index contributed by atoms with van der Waals surface area (Å²) in [5.74, 6) is 1.28. The maximum absolute atomic E-state index is 5.30. The molecule has 9 heavy (non-hydrogen) atoms. The van der Waals surface area contributed by atoms with Crippen molar-refractivity contribution >= 4 is 10.5 Å². The molecule has 2 heteroatoms. The van der Waals surface area contributed by atoms with E-state index in [1.807, 2.05) is 0 Å². The highest BCUT2D eigenvalue weighted by Gasteiger charge is 2.14. The predicted octanol–water partition coefficient (Wildman–Crippen LogP) is 1.23. The summed E-state index contributed by atoms with van der Waals surface area (Å²) in [5, 5.41) is 0. The van der Waals surface area contributed by atoms with Crippen LogP contribution in [0.5, 0.6) is 0 Å². The molecule has 0 heterocycles. The quantitative estimate of drug-likeness (QED) is 0.543. The van der Waals surface area contributed by atoms with Gasteiger partial charge in [0.25, 0.3) is 0 Å². The summed E-state index contributed by atoms with van der Waals surface area (Å²) in [6, 6.07) is 0. The van der Waals surface area contributed by atoms with E-state index in [4.69, 9.17) is 4.43 Å². The standard InChI is InChI=1S/C7H17OSi/c1-5(2)7(8-9)6(3)4/h5-7H,9H2,1-4H3. The van der Waals surface area contributed by atoms with Gasteiger partial charge in [-0.2, -0.15) is 0 Å². The summed E-state index contributed by atoms with van der Waals surface area (Å²) < 4.78 is 5.30. The molecule has 1 nitrogen and oxygen atoms in total. The zero-order valence-electron chi connectivity index (χ0n) is 6.85. The Hall–Kier alpha value is 0.177. The molecule has 0 bridgehead atoms. The molecule has 1 radical (unpaired) electrons. The minimum Gasteiger partial charge on any atom is -0.422 e. The topological polar surface area (TPSA) is 9.23 Å². The van der Waals surface area contributed by atoms with Crippen molar-refractivity contribution in [3.63, 3.8) is 0 Å². The third kappa shape index (κ3) is 3.01. The lowest BCUT2D eigenvalue weighted by molar-refractivity contribution is 0.117. The molecular formula is C7H17OSi. The normalized spacial score (nSPS) is 12.0. The Morgan fingerprint density at radius 3 is 1.33 bits per heavy atom. The second-order valence-electron chi connectivity index (χ2n) is 3.12. The average Bonchev–Trinajstić information content (AvgIpc) is 1.64. The Morgan fingerprint density at radius 1 is 1.00 bits per heavy atom. The van der Waals surface area contributed by atoms with E-state index < -0.39 is 0 Å². The Labute approximate surface area is 61.3 Å². The van der Waals surface area contributed by atoms with Crippen molar-refractivity contribution in [2.45, 2.75) is 33.8 Å². The van der Waals surface area contributed by atoms with E-state index in [9.17, 15) is 0 Å². The fourth-order valence-electron chi connectivity index (χ4n) is 1.15. The van der Waals surface area contributed by atoms with Gasteiger partial charge in [0, 0.05) is 6.10 Å². The average molecular weight is 145 g/mol. The van der Waals surface area contributed by atoms with E-state index in [1.54, 1.807) is 10.5 Å². The molecule has 0 aliphatic rings. The molecule has 0 saturated heterocycles. The zero-order chi connectivity index (χ0) is 7.44. The molecule has 0 aromatic rings. The van der Waals surface area contributed by atoms with Crippen molar-refractivity contribution in [3.8, 4) is 0 Å². The summed E-state index contributed by atoms with van der Waals surface area (Å²) in [4.78, 5) is 0. The Kier molecular flexibility index (Phi) is 4.15. The van der Waals surface area contributed by atoms with Crippen LogP contribution in [0.15, 0.2) is 0 Å². The van der Waals surface area contributed by atoms with E-state index in [0.717, 1.165) is 0 Å². The first-order valence-corrected chi connectivity index (χ1v) is 4.08. The number of hydrogen-bond donors (Lipinski definition) is 0. The van der Waals surface area contributed by atoms with Gasteiger partial charge < -0.3 is 4.43 Å². The van der Waals surface area contributed by atoms with E-state index in [1.165, 1.54) is 0 Å². The summed E-state index contributed by atoms with van der Waals surface area (Å²) >= 11 is 0. The molecule has 0 fully saturated rings. The summed E-state index contributed by atoms with van der Waals surface area (Å²) in [6.07, 6.45) is 0.434. The largest absolute Gasteiger partial charge is 0.422 e. The highest BCUT2D eigenvalue weighted by molar-refractivity contribution is 5.98. The van der Waals surface area contributed by atoms with Crippen molar-refractivity contribution in [1.82, 2.24) is 0 Å². The lowest BCUT2D eigenvalue weighted by Gasteiger charge is -2.23. The first-order chi connectivity index (χ1) is 4.09. The van der Waals surface area contributed by atoms with E-state index >= 15 is 0 Å². The van der Waals surface area contributed by atoms with Gasteiger partial charge in [0.2, 0.25) is 0 Å². The van der Waals surface area contributed by atoms with Crippen LogP contribution in [0.2, 0.25) is 0 Å². The first kappa shape index (κ1) is 9.18. The fourth-order valence-corrected chi connectivity index (χ4v) is 1.92. The van der Waals surface area contributed by atoms with Crippen molar-refractivity contribution in [3.05, 3.63) is 0 Å². The number of rotatable bonds is 3. The smallest absolute Gasteiger partial charge is 0.175 e. The van der Waals surface area contributed by atoms with Gasteiger partial charge in [-0.1, -0.05) is 27.7 Å². The highest BCUT2D eigenvalue weighted by Crippen LogP contribution is 2.13. The molecule has 0 amide bonds. The monoisotopic (exact) mass is 145 g/mol. The molecule has 55 valence electrons. The van der Waals surface area contributed by atoms with Crippen LogP contribution >= 0.6 is 0 Å². The third-order valence-corrected chi connectivity index (χ3v) is 1.89. The molecule has 0 aliphatic heterocycles. The van der Waals surface area contributed by atoms with Crippen molar-refractivity contribution in [2.75, 3.05) is 0 Å². The minimum atomic E-state index is 0.434. The van der Waals surface area contributed by atoms with Crippen LogP contribution in [0.25, 0.3) is 0 Å². The Balaban J connectivity index is 3.68. The molecule has 0 saturated carbocycles. The van der Waals surface area contributed by atoms with Gasteiger partial charge in [0.15, 0.2) is 10.5 Å². The molecule has 0 rings (SSSR count). The van der Waals surface area contributed by atoms with Gasteiger partial charge in [-0.3, -0.25) is 0 Å². The summed E-state index contributed by atoms with van der Waals surface area (Å²) in [6.45, 7) is 8.77. The molecule has 0 spiro atoms. The van der Waals surface area contributed by atoms with Crippen molar-refractivity contribution < 1.29 is 4.43 Å². The number of hydrogen-bond acceptors (Lipinski definition) is 1. The molecule has 0 aliphatic carbocycles. The maximum atomic E-state index is 5.30. The maximum Gasteiger partial charge on any atom is 0.175 e. The van der Waals surface area contributed by atoms with Crippen LogP contribution in [-0.4, -0.2) is 16.6 Å². The SMILES string of the molecule is CC(C)C(O[SiH2])C(C)C. The van der Waals surface area contributed by atoms with Crippen molar-refractivity contribution in [2.24, 2.45) is 11.8 Å². The van der Waals surface area contributed by atoms with E-state index in [-0.39, 0.29) is 0 Å². The molecule has 0 unspecified atom stereocenters. The minimum absolute atomic E-state index is 0.434. The van der Waals surface area contributed by atoms with Crippen LogP contribution in [-0.2, 0) is 4.43 Å². The van der Waals surface area contributed by atoms with Gasteiger partial charge in [0.05, 0.1) is 0 Å². The lowest BCUT2D eigenvalue weighted by atomic mass is 9.97. The molecular weight excluding hydrogens is 128 g/mol. The third-order valence-electron chi connectivity index (χ3n) is 1.51. The molecule has 0 atom stereocenters. The molecule has 0 aromatic heterocycles. The van der Waals surface area contributed by atoms with Crippen LogP contribution in [0.3, 0.4) is 0 Å². The highest BCUT2D eigenvalue weighted by atomic mass is 28.2. The van der Waals surface area contributed by atoms with E-state index in [0.29, 0.717) is 17.9 Å². The van der Waals surface area contributed by atoms with Crippen LogP contribution in [0.4, 0.5) is 0 Å². The summed E-state index contributed by atoms with van der Waals surface area (Å²) in [5.41, 5.74) is 0. The van der Waals surface area contributed by atoms with Crippen LogP contribution in [0.1, 0.15) is 27.7 Å². The molecule has 0 N–H and O–H groups in total. The lowest BCUT2D eigenvalue weighted by Crippen LogP contribution is -2.24. The molecule has 0 aromatic carbocycles. The zero-order valence-corrected chi connectivity index (χ0v) is 8.26. The predicted molar refractivity (Wildman–Crippen MR) is 43.1 cm³/mol. The summed E-state index contributed by atoms with van der Waals surface area (Å²) in [7, 11) is 1.60. The van der Waals surface area contributed by atoms with Crippen LogP contribution in [0, 0.1) is 11.8 Å². The Morgan fingerprint density at radius 2 is 1.33 bits per heavy atom.